The van der Waals surface area contributed by atoms with E-state index in [2.05, 4.69) is 27.4 Å². The van der Waals surface area contributed by atoms with Crippen molar-refractivity contribution in [3.63, 3.8) is 0 Å². The fraction of sp³-hybridized carbons (Fsp3) is 0.125. The van der Waals surface area contributed by atoms with Crippen molar-refractivity contribution in [2.24, 2.45) is 5.10 Å². The maximum atomic E-state index is 13.0. The predicted octanol–water partition coefficient (Wildman–Crippen LogP) is 5.48. The molecule has 0 saturated carbocycles. The van der Waals surface area contributed by atoms with Crippen LogP contribution < -0.4 is 4.74 Å². The largest absolute Gasteiger partial charge is 0.489 e. The SMILES string of the molecule is Cc1nnc(SCc2ccccc2)n1/N=C/c1cccc(OCc2ccc(F)cc2)c1. The van der Waals surface area contributed by atoms with E-state index in [1.54, 1.807) is 34.8 Å². The fourth-order valence-electron chi connectivity index (χ4n) is 2.84. The topological polar surface area (TPSA) is 52.3 Å². The molecule has 4 aromatic rings. The number of hydrogen-bond acceptors (Lipinski definition) is 5. The van der Waals surface area contributed by atoms with Gasteiger partial charge < -0.3 is 4.74 Å². The number of benzene rings is 3. The van der Waals surface area contributed by atoms with Crippen LogP contribution in [0.15, 0.2) is 89.1 Å². The van der Waals surface area contributed by atoms with Crippen molar-refractivity contribution < 1.29 is 9.13 Å². The van der Waals surface area contributed by atoms with Gasteiger partial charge in [0.15, 0.2) is 5.82 Å². The monoisotopic (exact) mass is 432 g/mol. The lowest BCUT2D eigenvalue weighted by molar-refractivity contribution is 0.306. The van der Waals surface area contributed by atoms with Gasteiger partial charge in [0.1, 0.15) is 18.2 Å². The highest BCUT2D eigenvalue weighted by Crippen LogP contribution is 2.22. The smallest absolute Gasteiger partial charge is 0.212 e. The highest BCUT2D eigenvalue weighted by atomic mass is 32.2. The second-order valence-corrected chi connectivity index (χ2v) is 7.79. The molecule has 0 bridgehead atoms. The summed E-state index contributed by atoms with van der Waals surface area (Å²) in [6, 6.07) is 24.1. The van der Waals surface area contributed by atoms with Crippen LogP contribution in [0.2, 0.25) is 0 Å². The van der Waals surface area contributed by atoms with E-state index in [1.807, 2.05) is 49.4 Å². The lowest BCUT2D eigenvalue weighted by atomic mass is 10.2. The second-order valence-electron chi connectivity index (χ2n) is 6.85. The molecule has 0 saturated heterocycles. The van der Waals surface area contributed by atoms with Crippen LogP contribution in [-0.2, 0) is 12.4 Å². The van der Waals surface area contributed by atoms with E-state index < -0.39 is 0 Å². The minimum absolute atomic E-state index is 0.257. The molecule has 1 aromatic heterocycles. The summed E-state index contributed by atoms with van der Waals surface area (Å²) in [5, 5.41) is 13.7. The summed E-state index contributed by atoms with van der Waals surface area (Å²) < 4.78 is 20.6. The minimum atomic E-state index is -0.257. The van der Waals surface area contributed by atoms with Crippen LogP contribution in [-0.4, -0.2) is 21.1 Å². The van der Waals surface area contributed by atoms with Crippen molar-refractivity contribution in [1.29, 1.82) is 0 Å². The molecule has 7 heteroatoms. The Morgan fingerprint density at radius 2 is 1.77 bits per heavy atom. The van der Waals surface area contributed by atoms with Crippen LogP contribution in [0.1, 0.15) is 22.5 Å². The van der Waals surface area contributed by atoms with E-state index in [9.17, 15) is 4.39 Å². The van der Waals surface area contributed by atoms with Gasteiger partial charge in [0.25, 0.3) is 0 Å². The Morgan fingerprint density at radius 3 is 2.58 bits per heavy atom. The standard InChI is InChI=1S/C24H21FN4OS/c1-18-27-28-24(31-17-20-6-3-2-4-7-20)29(18)26-15-21-8-5-9-23(14-21)30-16-19-10-12-22(25)13-11-19/h2-15H,16-17H2,1H3/b26-15+. The van der Waals surface area contributed by atoms with Gasteiger partial charge in [-0.1, -0.05) is 66.4 Å². The molecular formula is C24H21FN4OS. The Balaban J connectivity index is 1.42. The van der Waals surface area contributed by atoms with Crippen molar-refractivity contribution in [1.82, 2.24) is 14.9 Å². The highest BCUT2D eigenvalue weighted by molar-refractivity contribution is 7.98. The molecule has 0 N–H and O–H groups in total. The summed E-state index contributed by atoms with van der Waals surface area (Å²) in [4.78, 5) is 0. The molecule has 0 aliphatic carbocycles. The van der Waals surface area contributed by atoms with Crippen LogP contribution in [0.4, 0.5) is 4.39 Å². The van der Waals surface area contributed by atoms with Gasteiger partial charge in [-0.3, -0.25) is 0 Å². The quantitative estimate of drug-likeness (QED) is 0.273. The normalized spacial score (nSPS) is 11.2. The van der Waals surface area contributed by atoms with Crippen LogP contribution >= 0.6 is 11.8 Å². The van der Waals surface area contributed by atoms with Crippen LogP contribution in [0.3, 0.4) is 0 Å². The van der Waals surface area contributed by atoms with E-state index in [0.29, 0.717) is 12.4 Å². The maximum absolute atomic E-state index is 13.0. The van der Waals surface area contributed by atoms with Gasteiger partial charge in [-0.15, -0.1) is 10.2 Å². The summed E-state index contributed by atoms with van der Waals surface area (Å²) in [5.41, 5.74) is 3.01. The van der Waals surface area contributed by atoms with Gasteiger partial charge in [0.05, 0.1) is 6.21 Å². The third kappa shape index (κ3) is 5.79. The van der Waals surface area contributed by atoms with Crippen molar-refractivity contribution >= 4 is 18.0 Å². The van der Waals surface area contributed by atoms with Gasteiger partial charge in [0, 0.05) is 5.75 Å². The summed E-state index contributed by atoms with van der Waals surface area (Å²) in [7, 11) is 0. The summed E-state index contributed by atoms with van der Waals surface area (Å²) >= 11 is 1.59. The van der Waals surface area contributed by atoms with E-state index in [1.165, 1.54) is 17.7 Å². The zero-order valence-corrected chi connectivity index (χ0v) is 17.8. The zero-order valence-electron chi connectivity index (χ0n) is 17.0. The summed E-state index contributed by atoms with van der Waals surface area (Å²) in [6.45, 7) is 2.24. The molecule has 0 amide bonds. The predicted molar refractivity (Wildman–Crippen MR) is 121 cm³/mol. The number of ether oxygens (including phenoxy) is 1. The Morgan fingerprint density at radius 1 is 0.968 bits per heavy atom. The number of halogens is 1. The Hall–Kier alpha value is -3.45. The van der Waals surface area contributed by atoms with Crippen molar-refractivity contribution in [2.75, 3.05) is 0 Å². The molecule has 0 fully saturated rings. The second kappa shape index (κ2) is 10.0. The number of thioether (sulfide) groups is 1. The highest BCUT2D eigenvalue weighted by Gasteiger charge is 2.09. The first-order valence-corrected chi connectivity index (χ1v) is 10.8. The third-order valence-electron chi connectivity index (χ3n) is 4.48. The van der Waals surface area contributed by atoms with Crippen LogP contribution in [0.5, 0.6) is 5.75 Å². The van der Waals surface area contributed by atoms with Crippen LogP contribution in [0, 0.1) is 12.7 Å². The minimum Gasteiger partial charge on any atom is -0.489 e. The molecule has 0 unspecified atom stereocenters. The summed E-state index contributed by atoms with van der Waals surface area (Å²) in [5.74, 6) is 1.97. The number of aromatic nitrogens is 3. The summed E-state index contributed by atoms with van der Waals surface area (Å²) in [6.07, 6.45) is 1.76. The van der Waals surface area contributed by atoms with Crippen molar-refractivity contribution in [2.45, 2.75) is 24.4 Å². The molecule has 156 valence electrons. The molecule has 0 aliphatic heterocycles. The molecule has 4 rings (SSSR count). The molecule has 3 aromatic carbocycles. The lowest BCUT2D eigenvalue weighted by Gasteiger charge is -2.07. The average molecular weight is 433 g/mol. The van der Waals surface area contributed by atoms with Gasteiger partial charge in [-0.25, -0.2) is 4.39 Å². The number of rotatable bonds is 8. The van der Waals surface area contributed by atoms with Crippen molar-refractivity contribution in [3.8, 4) is 5.75 Å². The third-order valence-corrected chi connectivity index (χ3v) is 5.47. The van der Waals surface area contributed by atoms with E-state index in [-0.39, 0.29) is 5.82 Å². The van der Waals surface area contributed by atoms with Gasteiger partial charge in [-0.05, 0) is 47.9 Å². The van der Waals surface area contributed by atoms with E-state index >= 15 is 0 Å². The molecule has 1 heterocycles. The number of hydrogen-bond donors (Lipinski definition) is 0. The molecule has 0 spiro atoms. The first-order chi connectivity index (χ1) is 15.2. The molecule has 0 atom stereocenters. The average Bonchev–Trinajstić information content (AvgIpc) is 3.16. The van der Waals surface area contributed by atoms with Crippen molar-refractivity contribution in [3.05, 3.63) is 107 Å². The van der Waals surface area contributed by atoms with E-state index in [0.717, 1.165) is 27.9 Å². The zero-order chi connectivity index (χ0) is 21.5. The van der Waals surface area contributed by atoms with Gasteiger partial charge in [0.2, 0.25) is 5.16 Å². The maximum Gasteiger partial charge on any atom is 0.212 e. The van der Waals surface area contributed by atoms with E-state index in [4.69, 9.17) is 4.74 Å². The molecule has 0 aliphatic rings. The molecule has 31 heavy (non-hydrogen) atoms. The molecular weight excluding hydrogens is 411 g/mol. The fourth-order valence-corrected chi connectivity index (χ4v) is 3.73. The number of nitrogens with zero attached hydrogens (tertiary/aromatic N) is 4. The van der Waals surface area contributed by atoms with Gasteiger partial charge in [-0.2, -0.15) is 9.78 Å². The van der Waals surface area contributed by atoms with Crippen LogP contribution in [0.25, 0.3) is 0 Å². The van der Waals surface area contributed by atoms with Gasteiger partial charge >= 0.3 is 0 Å². The first kappa shape index (κ1) is 20.8. The lowest BCUT2D eigenvalue weighted by Crippen LogP contribution is -1.98. The Kier molecular flexibility index (Phi) is 6.74. The molecule has 5 nitrogen and oxygen atoms in total. The Labute approximate surface area is 184 Å². The Bertz CT molecular complexity index is 1160. The molecule has 0 radical (unpaired) electrons. The first-order valence-electron chi connectivity index (χ1n) is 9.78. The number of aryl methyl sites for hydroxylation is 1.